The van der Waals surface area contributed by atoms with Gasteiger partial charge in [-0.3, -0.25) is 29.2 Å². The number of nitrogens with one attached hydrogen (secondary N) is 2. The molecule has 3 aliphatic rings. The molecule has 2 fully saturated rings. The highest BCUT2D eigenvalue weighted by Gasteiger charge is 2.54. The van der Waals surface area contributed by atoms with Gasteiger partial charge in [-0.2, -0.15) is 0 Å². The number of aromatic hydroxyl groups is 1. The normalized spacial score (nSPS) is 23.5. The summed E-state index contributed by atoms with van der Waals surface area (Å²) < 4.78 is 19.7. The van der Waals surface area contributed by atoms with Crippen LogP contribution in [0.4, 0.5) is 0 Å². The number of carbonyl (C=O) groups is 4. The van der Waals surface area contributed by atoms with Gasteiger partial charge >= 0.3 is 5.97 Å². The minimum Gasteiger partial charge on any atom is -0.508 e. The number of fused-ring (bicyclic) bond motifs is 6. The molecule has 1 unspecified atom stereocenters. The Morgan fingerprint density at radius 2 is 1.86 bits per heavy atom. The number of likely N-dealkylation sites (N-methyl/N-ethyl adjacent to an activating group) is 1. The number of nitrogens with zero attached hydrogens (tertiary/aromatic N) is 4. The van der Waals surface area contributed by atoms with Crippen molar-refractivity contribution in [1.82, 2.24) is 30.2 Å². The second kappa shape index (κ2) is 18.4. The lowest BCUT2D eigenvalue weighted by Gasteiger charge is -2.37. The lowest BCUT2D eigenvalue weighted by molar-refractivity contribution is -0.155. The minimum atomic E-state index is -1.12. The quantitative estimate of drug-likeness (QED) is 0.156. The van der Waals surface area contributed by atoms with Gasteiger partial charge in [-0.1, -0.05) is 46.8 Å². The molecule has 2 aromatic heterocycles. The van der Waals surface area contributed by atoms with E-state index < -0.39 is 41.3 Å². The number of methoxy groups -OCH3 is 2. The van der Waals surface area contributed by atoms with Crippen LogP contribution in [-0.2, 0) is 52.8 Å². The van der Waals surface area contributed by atoms with Crippen molar-refractivity contribution < 1.29 is 38.5 Å². The van der Waals surface area contributed by atoms with Crippen LogP contribution >= 0.6 is 0 Å². The van der Waals surface area contributed by atoms with Crippen LogP contribution in [0.1, 0.15) is 84.2 Å². The number of rotatable bonds is 10. The maximum Gasteiger partial charge on any atom is 0.324 e. The smallest absolute Gasteiger partial charge is 0.324 e. The van der Waals surface area contributed by atoms with E-state index in [0.29, 0.717) is 37.9 Å². The largest absolute Gasteiger partial charge is 0.508 e. The molecule has 3 amide bonds. The van der Waals surface area contributed by atoms with E-state index in [4.69, 9.17) is 19.2 Å². The maximum absolute atomic E-state index is 14.6. The van der Waals surface area contributed by atoms with E-state index in [1.165, 1.54) is 9.91 Å². The van der Waals surface area contributed by atoms with Crippen LogP contribution in [0, 0.1) is 23.2 Å². The first-order valence-electron chi connectivity index (χ1n) is 22.3. The number of cyclic esters (lactones) is 1. The summed E-state index contributed by atoms with van der Waals surface area (Å²) in [5.74, 6) is -2.20. The van der Waals surface area contributed by atoms with Crippen LogP contribution < -0.4 is 10.7 Å². The van der Waals surface area contributed by atoms with Crippen molar-refractivity contribution in [3.05, 3.63) is 71.5 Å². The molecule has 338 valence electrons. The van der Waals surface area contributed by atoms with Crippen LogP contribution in [0.2, 0.25) is 0 Å². The highest BCUT2D eigenvalue weighted by Crippen LogP contribution is 2.44. The Labute approximate surface area is 370 Å². The summed E-state index contributed by atoms with van der Waals surface area (Å²) in [5.41, 5.74) is 9.66. The number of aromatic nitrogens is 2. The van der Waals surface area contributed by atoms with Crippen molar-refractivity contribution in [1.29, 1.82) is 0 Å². The van der Waals surface area contributed by atoms with Crippen molar-refractivity contribution in [3.8, 4) is 28.1 Å². The fraction of sp³-hybridized carbons (Fsp3) is 0.531. The minimum absolute atomic E-state index is 0.00630. The molecule has 14 heteroatoms. The number of hydrogen-bond donors (Lipinski definition) is 3. The predicted octanol–water partition coefficient (Wildman–Crippen LogP) is 6.22. The number of esters is 1. The fourth-order valence-electron chi connectivity index (χ4n) is 9.77. The molecule has 6 bridgehead atoms. The summed E-state index contributed by atoms with van der Waals surface area (Å²) in [6, 6.07) is 12.7. The van der Waals surface area contributed by atoms with Gasteiger partial charge in [-0.05, 0) is 104 Å². The Hall–Kier alpha value is -5.31. The molecule has 1 saturated heterocycles. The average Bonchev–Trinajstić information content (AvgIpc) is 3.83. The first-order chi connectivity index (χ1) is 30.0. The SMILES string of the molecule is CCn1c(-c2cccnc2[C@H](C)OC)c2c3cc(ccc31)-c1cc(O)cc(c1)C[C@H](NC(=O)C(C(C)C)N(C)C(=O)[C@H]1[C@@H](C)[C@H]1OC)C(=O)N1CCC[C@H](N1)C(=O)OCC(C)(C)C2. The lowest BCUT2D eigenvalue weighted by atomic mass is 9.84. The second-order valence-electron chi connectivity index (χ2n) is 18.8. The molecule has 1 aliphatic carbocycles. The van der Waals surface area contributed by atoms with Gasteiger partial charge < -0.3 is 34.1 Å². The number of phenolic OH excluding ortho intramolecular Hbond substituents is 1. The number of benzene rings is 2. The molecule has 7 atom stereocenters. The number of carbonyl (C=O) groups excluding carboxylic acids is 4. The van der Waals surface area contributed by atoms with Gasteiger partial charge in [0.15, 0.2) is 0 Å². The fourth-order valence-corrected chi connectivity index (χ4v) is 9.77. The van der Waals surface area contributed by atoms with Crippen LogP contribution in [0.15, 0.2) is 54.7 Å². The first-order valence-corrected chi connectivity index (χ1v) is 22.3. The molecule has 3 N–H and O–H groups in total. The number of hydrazine groups is 1. The van der Waals surface area contributed by atoms with Crippen LogP contribution in [0.5, 0.6) is 5.75 Å². The van der Waals surface area contributed by atoms with Crippen molar-refractivity contribution in [2.75, 3.05) is 34.4 Å². The van der Waals surface area contributed by atoms with E-state index in [1.807, 2.05) is 45.9 Å². The number of pyridine rings is 1. The third-order valence-corrected chi connectivity index (χ3v) is 13.2. The zero-order chi connectivity index (χ0) is 45.5. The molecule has 2 aromatic carbocycles. The van der Waals surface area contributed by atoms with Gasteiger partial charge in [0.1, 0.15) is 23.9 Å². The van der Waals surface area contributed by atoms with Gasteiger partial charge in [0.2, 0.25) is 11.8 Å². The molecular weight excluding hydrogens is 801 g/mol. The third kappa shape index (κ3) is 9.21. The molecule has 1 saturated carbocycles. The molecule has 0 spiro atoms. The Morgan fingerprint density at radius 1 is 1.10 bits per heavy atom. The zero-order valence-corrected chi connectivity index (χ0v) is 38.4. The Morgan fingerprint density at radius 3 is 2.54 bits per heavy atom. The van der Waals surface area contributed by atoms with Gasteiger partial charge in [0.05, 0.1) is 36.1 Å². The van der Waals surface area contributed by atoms with E-state index in [0.717, 1.165) is 44.5 Å². The van der Waals surface area contributed by atoms with Gasteiger partial charge in [-0.25, -0.2) is 5.43 Å². The summed E-state index contributed by atoms with van der Waals surface area (Å²) in [6.07, 6.45) is 2.85. The molecular formula is C49H64N6O8. The highest BCUT2D eigenvalue weighted by atomic mass is 16.5. The first kappa shape index (κ1) is 45.7. The van der Waals surface area contributed by atoms with Crippen molar-refractivity contribution in [2.45, 2.75) is 111 Å². The molecule has 4 aromatic rings. The van der Waals surface area contributed by atoms with Gasteiger partial charge in [0, 0.05) is 68.9 Å². The van der Waals surface area contributed by atoms with Gasteiger partial charge in [0.25, 0.3) is 5.91 Å². The summed E-state index contributed by atoms with van der Waals surface area (Å²) in [5, 5.41) is 16.7. The maximum atomic E-state index is 14.6. The topological polar surface area (TPSA) is 165 Å². The Balaban J connectivity index is 1.34. The molecule has 7 rings (SSSR count). The number of amides is 3. The van der Waals surface area contributed by atoms with Crippen LogP contribution in [0.3, 0.4) is 0 Å². The second-order valence-corrected chi connectivity index (χ2v) is 18.8. The average molecular weight is 865 g/mol. The van der Waals surface area contributed by atoms with Gasteiger partial charge in [-0.15, -0.1) is 0 Å². The number of phenols is 1. The monoisotopic (exact) mass is 864 g/mol. The zero-order valence-electron chi connectivity index (χ0n) is 38.4. The molecule has 14 nitrogen and oxygen atoms in total. The van der Waals surface area contributed by atoms with E-state index in [9.17, 15) is 24.3 Å². The van der Waals surface area contributed by atoms with Crippen molar-refractivity contribution in [2.24, 2.45) is 23.2 Å². The summed E-state index contributed by atoms with van der Waals surface area (Å²) in [7, 11) is 4.88. The van der Waals surface area contributed by atoms with Crippen LogP contribution in [0.25, 0.3) is 33.3 Å². The van der Waals surface area contributed by atoms with E-state index in [1.54, 1.807) is 39.6 Å². The van der Waals surface area contributed by atoms with Crippen LogP contribution in [-0.4, -0.2) is 107 Å². The lowest BCUT2D eigenvalue weighted by Crippen LogP contribution is -2.62. The van der Waals surface area contributed by atoms with E-state index in [2.05, 4.69) is 54.3 Å². The summed E-state index contributed by atoms with van der Waals surface area (Å²) >= 11 is 0. The molecule has 4 heterocycles. The third-order valence-electron chi connectivity index (χ3n) is 13.2. The van der Waals surface area contributed by atoms with Crippen molar-refractivity contribution >= 4 is 34.6 Å². The van der Waals surface area contributed by atoms with E-state index in [-0.39, 0.29) is 54.6 Å². The number of aryl methyl sites for hydroxylation is 1. The van der Waals surface area contributed by atoms with Crippen molar-refractivity contribution in [3.63, 3.8) is 0 Å². The Bertz CT molecular complexity index is 2370. The Kier molecular flexibility index (Phi) is 13.4. The number of hydrogen-bond acceptors (Lipinski definition) is 10. The summed E-state index contributed by atoms with van der Waals surface area (Å²) in [6.45, 7) is 15.0. The highest BCUT2D eigenvalue weighted by molar-refractivity contribution is 5.96. The predicted molar refractivity (Wildman–Crippen MR) is 240 cm³/mol. The molecule has 63 heavy (non-hydrogen) atoms. The molecule has 2 aliphatic heterocycles. The molecule has 0 radical (unpaired) electrons. The summed E-state index contributed by atoms with van der Waals surface area (Å²) in [4.78, 5) is 62.9. The van der Waals surface area contributed by atoms with E-state index >= 15 is 0 Å². The standard InChI is InChI=1S/C49H64N6O8/c1-11-54-39-17-16-31-24-35(39)36(43(54)34-14-12-18-50-41(34)29(5)61-9)25-49(6,7)26-63-48(60)37-15-13-19-55(52-37)46(58)38(22-30-20-32(31)23-33(56)21-30)51-45(57)42(27(2)3)53(8)47(59)40-28(4)44(40)62-10/h12,14,16-18,20-21,23-24,27-29,37-38,40,42,44,52,56H,11,13,15,19,22,25-26H2,1-10H3,(H,51,57)/t28-,29+,37+,38+,40+,42?,44-/m1/s1. The number of ether oxygens (including phenoxy) is 3.